The predicted molar refractivity (Wildman–Crippen MR) is 210 cm³/mol. The Labute approximate surface area is 294 Å². The van der Waals surface area contributed by atoms with E-state index in [9.17, 15) is 0 Å². The maximum absolute atomic E-state index is 6.96. The maximum atomic E-state index is 6.96. The highest BCUT2D eigenvalue weighted by Crippen LogP contribution is 2.58. The fourth-order valence-corrected chi connectivity index (χ4v) is 8.77. The molecule has 3 heterocycles. The minimum atomic E-state index is -0.210. The Hall–Kier alpha value is -6.52. The highest BCUT2D eigenvalue weighted by atomic mass is 16.3. The van der Waals surface area contributed by atoms with Gasteiger partial charge in [-0.25, -0.2) is 9.97 Å². The number of para-hydroxylation sites is 3. The van der Waals surface area contributed by atoms with Crippen molar-refractivity contribution in [3.8, 4) is 39.5 Å². The number of furan rings is 1. The van der Waals surface area contributed by atoms with E-state index in [1.54, 1.807) is 0 Å². The molecule has 4 heteroatoms. The molecule has 0 aliphatic heterocycles. The smallest absolute Gasteiger partial charge is 0.160 e. The van der Waals surface area contributed by atoms with Crippen molar-refractivity contribution in [1.29, 1.82) is 0 Å². The van der Waals surface area contributed by atoms with Gasteiger partial charge in [-0.2, -0.15) is 0 Å². The summed E-state index contributed by atoms with van der Waals surface area (Å²) >= 11 is 0. The van der Waals surface area contributed by atoms with Crippen molar-refractivity contribution in [2.45, 2.75) is 19.3 Å². The van der Waals surface area contributed by atoms with Crippen LogP contribution in [0.25, 0.3) is 94.1 Å². The minimum Gasteiger partial charge on any atom is -0.454 e. The lowest BCUT2D eigenvalue weighted by molar-refractivity contribution is 0.658. The molecular weight excluding hydrogens is 623 g/mol. The molecule has 51 heavy (non-hydrogen) atoms. The molecule has 0 saturated heterocycles. The fraction of sp³-hybridized carbons (Fsp3) is 0.0638. The minimum absolute atomic E-state index is 0.210. The number of hydrogen-bond acceptors (Lipinski definition) is 3. The standard InChI is InChI=1S/C47H31N3O/c1-47(2)35-23-10-6-19-31(35)39-40-33-21-8-12-25-37(33)50(44(40)45-41(42(39)47)34-22-9-13-26-38(34)51-45)30-18-14-17-29(27-30)46-48-36-24-11-7-20-32(36)43(49-46)28-15-4-3-5-16-28/h3-27H,1-2H3. The second-order valence-corrected chi connectivity index (χ2v) is 14.1. The molecule has 4 nitrogen and oxygen atoms in total. The number of nitrogens with zero attached hydrogens (tertiary/aromatic N) is 3. The van der Waals surface area contributed by atoms with Crippen LogP contribution in [0.4, 0.5) is 0 Å². The Morgan fingerprint density at radius 2 is 1.29 bits per heavy atom. The van der Waals surface area contributed by atoms with E-state index in [4.69, 9.17) is 14.4 Å². The number of rotatable bonds is 3. The zero-order valence-corrected chi connectivity index (χ0v) is 28.2. The van der Waals surface area contributed by atoms with Gasteiger partial charge in [0, 0.05) is 49.2 Å². The molecule has 3 aromatic heterocycles. The normalized spacial score (nSPS) is 13.5. The van der Waals surface area contributed by atoms with Gasteiger partial charge in [0.1, 0.15) is 5.58 Å². The number of fused-ring (bicyclic) bond motifs is 13. The van der Waals surface area contributed by atoms with Crippen LogP contribution in [0.1, 0.15) is 25.0 Å². The second kappa shape index (κ2) is 10.3. The third-order valence-corrected chi connectivity index (χ3v) is 10.9. The molecule has 0 fully saturated rings. The molecule has 1 aliphatic carbocycles. The molecule has 0 spiro atoms. The summed E-state index contributed by atoms with van der Waals surface area (Å²) in [7, 11) is 0. The summed E-state index contributed by atoms with van der Waals surface area (Å²) < 4.78 is 9.35. The molecule has 0 unspecified atom stereocenters. The Morgan fingerprint density at radius 1 is 0.588 bits per heavy atom. The molecule has 240 valence electrons. The van der Waals surface area contributed by atoms with E-state index in [0.29, 0.717) is 5.82 Å². The average Bonchev–Trinajstić information content (AvgIpc) is 3.81. The van der Waals surface area contributed by atoms with E-state index >= 15 is 0 Å². The van der Waals surface area contributed by atoms with Gasteiger partial charge in [-0.05, 0) is 52.6 Å². The van der Waals surface area contributed by atoms with Crippen molar-refractivity contribution in [3.63, 3.8) is 0 Å². The summed E-state index contributed by atoms with van der Waals surface area (Å²) in [6, 6.07) is 53.5. The second-order valence-electron chi connectivity index (χ2n) is 14.1. The molecule has 10 aromatic rings. The summed E-state index contributed by atoms with van der Waals surface area (Å²) in [5, 5.41) is 5.81. The van der Waals surface area contributed by atoms with Crippen LogP contribution in [-0.2, 0) is 5.41 Å². The Morgan fingerprint density at radius 3 is 2.18 bits per heavy atom. The van der Waals surface area contributed by atoms with Crippen molar-refractivity contribution in [2.75, 3.05) is 0 Å². The first kappa shape index (κ1) is 28.3. The van der Waals surface area contributed by atoms with Gasteiger partial charge in [0.25, 0.3) is 0 Å². The van der Waals surface area contributed by atoms with Crippen LogP contribution in [0.5, 0.6) is 0 Å². The third-order valence-electron chi connectivity index (χ3n) is 10.9. The first-order valence-corrected chi connectivity index (χ1v) is 17.5. The topological polar surface area (TPSA) is 43.9 Å². The molecule has 7 aromatic carbocycles. The first-order chi connectivity index (χ1) is 25.1. The van der Waals surface area contributed by atoms with Gasteiger partial charge >= 0.3 is 0 Å². The SMILES string of the molecule is CC1(C)c2ccccc2-c2c1c1c3ccccc3oc1c1c2c2ccccc2n1-c1cccc(-c2nc(-c3ccccc3)c3ccccc3n2)c1. The van der Waals surface area contributed by atoms with E-state index in [1.165, 1.54) is 38.4 Å². The van der Waals surface area contributed by atoms with Crippen LogP contribution in [0.2, 0.25) is 0 Å². The summed E-state index contributed by atoms with van der Waals surface area (Å²) in [4.78, 5) is 10.3. The van der Waals surface area contributed by atoms with Gasteiger partial charge < -0.3 is 8.98 Å². The quantitative estimate of drug-likeness (QED) is 0.191. The van der Waals surface area contributed by atoms with Crippen LogP contribution in [0.3, 0.4) is 0 Å². The van der Waals surface area contributed by atoms with Crippen molar-refractivity contribution < 1.29 is 4.42 Å². The summed E-state index contributed by atoms with van der Waals surface area (Å²) in [5.41, 5.74) is 14.0. The molecule has 1 aliphatic rings. The molecule has 0 radical (unpaired) electrons. The van der Waals surface area contributed by atoms with E-state index in [-0.39, 0.29) is 5.41 Å². The van der Waals surface area contributed by atoms with Crippen LogP contribution >= 0.6 is 0 Å². The maximum Gasteiger partial charge on any atom is 0.160 e. The lowest BCUT2D eigenvalue weighted by Crippen LogP contribution is -2.15. The summed E-state index contributed by atoms with van der Waals surface area (Å²) in [6.07, 6.45) is 0. The van der Waals surface area contributed by atoms with Gasteiger partial charge in [0.2, 0.25) is 0 Å². The van der Waals surface area contributed by atoms with Crippen molar-refractivity contribution >= 4 is 54.6 Å². The fourth-order valence-electron chi connectivity index (χ4n) is 8.77. The van der Waals surface area contributed by atoms with Gasteiger partial charge in [0.05, 0.1) is 22.2 Å². The predicted octanol–water partition coefficient (Wildman–Crippen LogP) is 12.3. The Bertz CT molecular complexity index is 3060. The Balaban J connectivity index is 1.26. The monoisotopic (exact) mass is 653 g/mol. The molecule has 0 bridgehead atoms. The van der Waals surface area contributed by atoms with E-state index in [1.807, 2.05) is 12.1 Å². The van der Waals surface area contributed by atoms with Crippen molar-refractivity contribution in [1.82, 2.24) is 14.5 Å². The van der Waals surface area contributed by atoms with Crippen LogP contribution in [0.15, 0.2) is 156 Å². The molecular formula is C47H31N3O. The lowest BCUT2D eigenvalue weighted by Gasteiger charge is -2.22. The third kappa shape index (κ3) is 3.85. The summed E-state index contributed by atoms with van der Waals surface area (Å²) in [5.74, 6) is 0.695. The molecule has 11 rings (SSSR count). The number of hydrogen-bond donors (Lipinski definition) is 0. The highest BCUT2D eigenvalue weighted by Gasteiger charge is 2.41. The van der Waals surface area contributed by atoms with Gasteiger partial charge in [-0.3, -0.25) is 0 Å². The van der Waals surface area contributed by atoms with Gasteiger partial charge in [-0.1, -0.05) is 135 Å². The van der Waals surface area contributed by atoms with E-state index in [0.717, 1.165) is 61.0 Å². The molecule has 0 atom stereocenters. The lowest BCUT2D eigenvalue weighted by atomic mass is 9.80. The van der Waals surface area contributed by atoms with Crippen LogP contribution < -0.4 is 0 Å². The Kier molecular flexibility index (Phi) is 5.70. The first-order valence-electron chi connectivity index (χ1n) is 17.5. The average molecular weight is 654 g/mol. The number of benzene rings is 7. The summed E-state index contributed by atoms with van der Waals surface area (Å²) in [6.45, 7) is 4.72. The molecule has 0 N–H and O–H groups in total. The van der Waals surface area contributed by atoms with Crippen LogP contribution in [0, 0.1) is 0 Å². The van der Waals surface area contributed by atoms with Crippen molar-refractivity contribution in [2.24, 2.45) is 0 Å². The van der Waals surface area contributed by atoms with Crippen molar-refractivity contribution in [3.05, 3.63) is 163 Å². The van der Waals surface area contributed by atoms with Gasteiger partial charge in [-0.15, -0.1) is 0 Å². The highest BCUT2D eigenvalue weighted by molar-refractivity contribution is 6.29. The largest absolute Gasteiger partial charge is 0.454 e. The van der Waals surface area contributed by atoms with E-state index in [2.05, 4.69) is 158 Å². The zero-order valence-electron chi connectivity index (χ0n) is 28.2. The van der Waals surface area contributed by atoms with E-state index < -0.39 is 0 Å². The molecule has 0 saturated carbocycles. The molecule has 0 amide bonds. The van der Waals surface area contributed by atoms with Crippen LogP contribution in [-0.4, -0.2) is 14.5 Å². The van der Waals surface area contributed by atoms with Gasteiger partial charge in [0.15, 0.2) is 11.4 Å². The number of aromatic nitrogens is 3. The zero-order chi connectivity index (χ0) is 33.8.